The smallest absolute Gasteiger partial charge is 0.332 e. The maximum absolute atomic E-state index is 13.1. The second kappa shape index (κ2) is 11.9. The van der Waals surface area contributed by atoms with Gasteiger partial charge in [-0.1, -0.05) is 0 Å². The highest BCUT2D eigenvalue weighted by atomic mass is 31.2. The number of nitrogens with one attached hydrogen (secondary N) is 1. The van der Waals surface area contributed by atoms with Crippen LogP contribution in [0.1, 0.15) is 47.5 Å². The van der Waals surface area contributed by atoms with Crippen LogP contribution in [0.4, 0.5) is 0 Å². The Kier molecular flexibility index (Phi) is 11.7. The third kappa shape index (κ3) is 8.11. The van der Waals surface area contributed by atoms with E-state index in [4.69, 9.17) is 18.1 Å². The molecule has 0 unspecified atom stereocenters. The summed E-state index contributed by atoms with van der Waals surface area (Å²) in [6.45, 7) is 7.75. The zero-order valence-corrected chi connectivity index (χ0v) is 17.3. The fraction of sp³-hybridized carbons (Fsp3) is 0.857. The molecule has 0 saturated heterocycles. The Labute approximate surface area is 149 Å². The lowest BCUT2D eigenvalue weighted by atomic mass is 10.2. The topological polar surface area (TPSA) is 117 Å². The monoisotopic (exact) mass is 401 g/mol. The first kappa shape index (κ1) is 24.4. The quantitative estimate of drug-likeness (QED) is 0.441. The molecule has 1 N–H and O–H groups in total. The zero-order chi connectivity index (χ0) is 19.5. The van der Waals surface area contributed by atoms with E-state index >= 15 is 0 Å². The highest BCUT2D eigenvalue weighted by Crippen LogP contribution is 2.69. The molecule has 0 saturated carbocycles. The van der Waals surface area contributed by atoms with Crippen molar-refractivity contribution in [1.82, 2.24) is 5.32 Å². The molecule has 1 amide bonds. The molecule has 9 nitrogen and oxygen atoms in total. The third-order valence-electron chi connectivity index (χ3n) is 2.83. The molecular formula is C14H29NO8P2. The van der Waals surface area contributed by atoms with Gasteiger partial charge in [0.15, 0.2) is 0 Å². The Hall–Kier alpha value is -0.560. The first-order valence-electron chi connectivity index (χ1n) is 8.25. The van der Waals surface area contributed by atoms with Gasteiger partial charge in [0.05, 0.1) is 26.4 Å². The van der Waals surface area contributed by atoms with E-state index in [9.17, 15) is 18.7 Å². The molecule has 0 atom stereocenters. The summed E-state index contributed by atoms with van der Waals surface area (Å²) in [4.78, 5) is 23.2. The van der Waals surface area contributed by atoms with Gasteiger partial charge in [-0.25, -0.2) is 0 Å². The van der Waals surface area contributed by atoms with Crippen molar-refractivity contribution >= 4 is 26.9 Å². The van der Waals surface area contributed by atoms with E-state index in [1.54, 1.807) is 27.7 Å². The summed E-state index contributed by atoms with van der Waals surface area (Å²) in [5.41, 5.74) is -1.61. The van der Waals surface area contributed by atoms with Gasteiger partial charge in [0.2, 0.25) is 11.4 Å². The van der Waals surface area contributed by atoms with Crippen LogP contribution in [0.5, 0.6) is 0 Å². The summed E-state index contributed by atoms with van der Waals surface area (Å²) >= 11 is 0. The van der Waals surface area contributed by atoms with Crippen molar-refractivity contribution in [3.8, 4) is 0 Å². The number of hydrogen-bond donors (Lipinski definition) is 1. The van der Waals surface area contributed by atoms with Gasteiger partial charge < -0.3 is 28.2 Å². The van der Waals surface area contributed by atoms with Crippen LogP contribution in [0.2, 0.25) is 0 Å². The van der Waals surface area contributed by atoms with Gasteiger partial charge in [0, 0.05) is 12.8 Å². The average molecular weight is 401 g/mol. The molecule has 0 heterocycles. The number of rotatable bonds is 14. The lowest BCUT2D eigenvalue weighted by molar-refractivity contribution is -0.124. The highest BCUT2D eigenvalue weighted by molar-refractivity contribution is 7.72. The van der Waals surface area contributed by atoms with Gasteiger partial charge in [-0.05, 0) is 34.6 Å². The molecule has 0 aromatic heterocycles. The van der Waals surface area contributed by atoms with Crippen molar-refractivity contribution in [3.05, 3.63) is 0 Å². The van der Waals surface area contributed by atoms with E-state index in [0.717, 1.165) is 0 Å². The molecule has 11 heteroatoms. The number of hydrogen-bond acceptors (Lipinski definition) is 8. The number of Topliss-reactive ketones (excluding diaryl/α,β-unsaturated/α-hetero) is 1. The van der Waals surface area contributed by atoms with E-state index in [-0.39, 0.29) is 45.1 Å². The minimum atomic E-state index is -4.04. The molecule has 0 bridgehead atoms. The summed E-state index contributed by atoms with van der Waals surface area (Å²) in [6, 6.07) is 0. The van der Waals surface area contributed by atoms with Crippen molar-refractivity contribution in [3.63, 3.8) is 0 Å². The van der Waals surface area contributed by atoms with Crippen LogP contribution in [0, 0.1) is 0 Å². The van der Waals surface area contributed by atoms with Crippen LogP contribution in [0.3, 0.4) is 0 Å². The van der Waals surface area contributed by atoms with Gasteiger partial charge in [-0.3, -0.25) is 13.9 Å². The molecule has 0 aliphatic heterocycles. The Bertz CT molecular complexity index is 475. The predicted molar refractivity (Wildman–Crippen MR) is 93.6 cm³/mol. The molecule has 0 aliphatic carbocycles. The van der Waals surface area contributed by atoms with Gasteiger partial charge >= 0.3 is 15.2 Å². The van der Waals surface area contributed by atoms with Crippen molar-refractivity contribution in [1.29, 1.82) is 0 Å². The van der Waals surface area contributed by atoms with Crippen LogP contribution in [-0.4, -0.2) is 43.6 Å². The zero-order valence-electron chi connectivity index (χ0n) is 15.5. The minimum Gasteiger partial charge on any atom is -0.332 e. The SMILES string of the molecule is CCOP(=O)(OCC)C(NC(=O)CCC(C)=O)P(=O)(OCC)OCC. The molecule has 0 aromatic carbocycles. The Morgan fingerprint density at radius 3 is 1.44 bits per heavy atom. The van der Waals surface area contributed by atoms with E-state index < -0.39 is 26.6 Å². The van der Waals surface area contributed by atoms with Crippen molar-refractivity contribution in [2.75, 3.05) is 26.4 Å². The van der Waals surface area contributed by atoms with Crippen LogP contribution in [-0.2, 0) is 36.8 Å². The van der Waals surface area contributed by atoms with Gasteiger partial charge in [-0.2, -0.15) is 0 Å². The lowest BCUT2D eigenvalue weighted by Crippen LogP contribution is -2.37. The molecule has 0 aromatic rings. The van der Waals surface area contributed by atoms with E-state index in [1.165, 1.54) is 6.92 Å². The number of amides is 1. The van der Waals surface area contributed by atoms with E-state index in [2.05, 4.69) is 5.32 Å². The first-order valence-corrected chi connectivity index (χ1v) is 11.5. The van der Waals surface area contributed by atoms with Crippen molar-refractivity contribution in [2.45, 2.75) is 53.0 Å². The number of carbonyl (C=O) groups is 2. The molecule has 0 aliphatic rings. The normalized spacial score (nSPS) is 12.4. The Morgan fingerprint density at radius 2 is 1.16 bits per heavy atom. The maximum atomic E-state index is 13.1. The van der Waals surface area contributed by atoms with Gasteiger partial charge in [0.25, 0.3) is 0 Å². The highest BCUT2D eigenvalue weighted by Gasteiger charge is 2.51. The van der Waals surface area contributed by atoms with Crippen LogP contribution in [0.15, 0.2) is 0 Å². The van der Waals surface area contributed by atoms with E-state index in [1.807, 2.05) is 0 Å². The minimum absolute atomic E-state index is 0.000301. The molecule has 148 valence electrons. The molecular weight excluding hydrogens is 372 g/mol. The third-order valence-corrected chi connectivity index (χ3v) is 8.46. The predicted octanol–water partition coefficient (Wildman–Crippen LogP) is 3.29. The second-order valence-corrected chi connectivity index (χ2v) is 9.53. The Morgan fingerprint density at radius 1 is 0.800 bits per heavy atom. The van der Waals surface area contributed by atoms with Crippen molar-refractivity contribution < 1.29 is 36.8 Å². The fourth-order valence-corrected chi connectivity index (χ4v) is 6.86. The van der Waals surface area contributed by atoms with E-state index in [0.29, 0.717) is 0 Å². The van der Waals surface area contributed by atoms with Gasteiger partial charge in [0.1, 0.15) is 5.78 Å². The number of carbonyl (C=O) groups excluding carboxylic acids is 2. The molecule has 0 rings (SSSR count). The fourth-order valence-electron chi connectivity index (χ4n) is 1.91. The molecule has 0 spiro atoms. The summed E-state index contributed by atoms with van der Waals surface area (Å²) in [7, 11) is -8.08. The van der Waals surface area contributed by atoms with Crippen molar-refractivity contribution in [2.24, 2.45) is 0 Å². The summed E-state index contributed by atoms with van der Waals surface area (Å²) in [5.74, 6) is -0.804. The van der Waals surface area contributed by atoms with Crippen LogP contribution < -0.4 is 5.32 Å². The molecule has 0 radical (unpaired) electrons. The van der Waals surface area contributed by atoms with Crippen LogP contribution in [0.25, 0.3) is 0 Å². The number of ketones is 1. The maximum Gasteiger partial charge on any atom is 0.365 e. The van der Waals surface area contributed by atoms with Crippen LogP contribution >= 0.6 is 15.2 Å². The van der Waals surface area contributed by atoms with Gasteiger partial charge in [-0.15, -0.1) is 0 Å². The Balaban J connectivity index is 5.75. The summed E-state index contributed by atoms with van der Waals surface area (Å²) in [5, 5.41) is 2.38. The summed E-state index contributed by atoms with van der Waals surface area (Å²) < 4.78 is 47.1. The first-order chi connectivity index (χ1) is 11.7. The summed E-state index contributed by atoms with van der Waals surface area (Å²) in [6.07, 6.45) is -0.151. The largest absolute Gasteiger partial charge is 0.365 e. The lowest BCUT2D eigenvalue weighted by Gasteiger charge is -2.31. The molecule has 0 fully saturated rings. The standard InChI is InChI=1S/C14H29NO8P2/c1-6-20-24(18,21-7-2)14(15-13(17)11-10-12(5)16)25(19,22-8-3)23-9-4/h14H,6-11H2,1-5H3,(H,15,17). The second-order valence-electron chi connectivity index (χ2n) is 4.89. The molecule has 25 heavy (non-hydrogen) atoms. The average Bonchev–Trinajstić information content (AvgIpc) is 2.51.